The Hall–Kier alpha value is -2.65. The van der Waals surface area contributed by atoms with Gasteiger partial charge in [-0.15, -0.1) is 0 Å². The molecule has 0 aromatic rings. The number of hydroxylamine groups is 1. The lowest BCUT2D eigenvalue weighted by atomic mass is 9.83. The molecule has 14 nitrogen and oxygen atoms in total. The lowest BCUT2D eigenvalue weighted by molar-refractivity contribution is -0.152. The quantitative estimate of drug-likeness (QED) is 0.0996. The fourth-order valence-corrected chi connectivity index (χ4v) is 9.04. The van der Waals surface area contributed by atoms with E-state index in [9.17, 15) is 29.2 Å². The van der Waals surface area contributed by atoms with E-state index in [1.165, 1.54) is 7.11 Å². The maximum atomic E-state index is 14.3. The van der Waals surface area contributed by atoms with Crippen molar-refractivity contribution in [2.75, 3.05) is 56.1 Å². The van der Waals surface area contributed by atoms with Gasteiger partial charge in [-0.3, -0.25) is 34.1 Å². The Balaban J connectivity index is 3.38. The van der Waals surface area contributed by atoms with E-state index in [1.807, 2.05) is 60.5 Å². The summed E-state index contributed by atoms with van der Waals surface area (Å²) in [6.45, 7) is 18.4. The molecule has 1 aliphatic heterocycles. The van der Waals surface area contributed by atoms with Gasteiger partial charge in [-0.25, -0.2) is 5.48 Å². The maximum absolute atomic E-state index is 14.3. The molecule has 1 saturated heterocycles. The van der Waals surface area contributed by atoms with Crippen LogP contribution in [-0.2, 0) is 38.2 Å². The number of likely N-dealkylation sites (N-methyl/N-ethyl adjacent to an activating group) is 3. The van der Waals surface area contributed by atoms with Crippen molar-refractivity contribution in [2.24, 2.45) is 35.5 Å². The van der Waals surface area contributed by atoms with Gasteiger partial charge in [0.2, 0.25) is 23.6 Å². The minimum absolute atomic E-state index is 0.0116. The van der Waals surface area contributed by atoms with Crippen molar-refractivity contribution in [2.45, 2.75) is 150 Å². The summed E-state index contributed by atoms with van der Waals surface area (Å²) in [6, 6.07) is -1.56. The van der Waals surface area contributed by atoms with Gasteiger partial charge in [-0.2, -0.15) is 0 Å². The molecule has 1 fully saturated rings. The van der Waals surface area contributed by atoms with E-state index < -0.39 is 48.1 Å². The molecular formula is C42H79N5O9. The SMILES string of the molecule is CC[C@H](C)[C@@H]([C@@H](CC(=O)N1CCC[C@H]1[C@H](OC)[C@@H](C)C(=O)N(C)[C@@H]([C@@H](C)CC)[C@@H](CC(=O)NO)OC)OC)N(C)C(=O)[C@@H](CC(=O)[C@H](C(C)C)N(C)C)C(C)C. The van der Waals surface area contributed by atoms with Crippen LogP contribution >= 0.6 is 0 Å². The fraction of sp³-hybridized carbons (Fsp3) is 0.881. The predicted octanol–water partition coefficient (Wildman–Crippen LogP) is 4.51. The highest BCUT2D eigenvalue weighted by Gasteiger charge is 2.45. The molecule has 11 atom stereocenters. The molecule has 0 aliphatic carbocycles. The van der Waals surface area contributed by atoms with Gasteiger partial charge in [0, 0.05) is 54.3 Å². The molecule has 326 valence electrons. The van der Waals surface area contributed by atoms with Crippen molar-refractivity contribution in [3.05, 3.63) is 0 Å². The summed E-state index contributed by atoms with van der Waals surface area (Å²) < 4.78 is 17.8. The second-order valence-electron chi connectivity index (χ2n) is 17.1. The summed E-state index contributed by atoms with van der Waals surface area (Å²) in [5.41, 5.74) is 1.66. The molecule has 0 spiro atoms. The zero-order valence-corrected chi connectivity index (χ0v) is 37.7. The van der Waals surface area contributed by atoms with E-state index in [0.29, 0.717) is 13.0 Å². The van der Waals surface area contributed by atoms with Gasteiger partial charge >= 0.3 is 0 Å². The van der Waals surface area contributed by atoms with Crippen molar-refractivity contribution in [3.63, 3.8) is 0 Å². The van der Waals surface area contributed by atoms with Gasteiger partial charge in [0.05, 0.1) is 61.2 Å². The largest absolute Gasteiger partial charge is 0.379 e. The first-order valence-corrected chi connectivity index (χ1v) is 20.7. The van der Waals surface area contributed by atoms with Gasteiger partial charge < -0.3 is 28.9 Å². The lowest BCUT2D eigenvalue weighted by Gasteiger charge is -2.42. The first-order valence-electron chi connectivity index (χ1n) is 20.7. The lowest BCUT2D eigenvalue weighted by Crippen LogP contribution is -2.56. The molecule has 1 aliphatic rings. The van der Waals surface area contributed by atoms with Gasteiger partial charge in [-0.1, -0.05) is 75.2 Å². The van der Waals surface area contributed by atoms with Crippen LogP contribution in [0.15, 0.2) is 0 Å². The zero-order valence-electron chi connectivity index (χ0n) is 37.7. The second kappa shape index (κ2) is 24.3. The average Bonchev–Trinajstić information content (AvgIpc) is 3.64. The van der Waals surface area contributed by atoms with Crippen molar-refractivity contribution in [1.29, 1.82) is 0 Å². The number of carbonyl (C=O) groups excluding carboxylic acids is 5. The van der Waals surface area contributed by atoms with Crippen molar-refractivity contribution >= 4 is 29.4 Å². The van der Waals surface area contributed by atoms with Crippen LogP contribution in [0, 0.1) is 35.5 Å². The Bertz CT molecular complexity index is 1240. The van der Waals surface area contributed by atoms with Crippen molar-refractivity contribution in [1.82, 2.24) is 25.1 Å². The first kappa shape index (κ1) is 51.4. The number of Topliss-reactive ketones (excluding diaryl/α,β-unsaturated/α-hetero) is 1. The standard InChI is InChI=1S/C42H79N5O9/c1-17-27(7)38(33(54-14)23-35(49)43-53)45(12)41(51)29(9)40(56-16)31-20-19-21-47(31)36(50)24-34(55-15)39(28(8)18-2)46(13)42(52)30(25(3)4)22-32(48)37(26(5)6)44(10)11/h25-31,33-34,37-40,53H,17-24H2,1-16H3,(H,43,49)/t27-,28-,29+,30-,31-,33+,34+,37-,38-,39-,40+/m0/s1. The van der Waals surface area contributed by atoms with Crippen LogP contribution in [-0.4, -0.2) is 153 Å². The molecular weight excluding hydrogens is 718 g/mol. The van der Waals surface area contributed by atoms with Crippen molar-refractivity contribution in [3.8, 4) is 0 Å². The third-order valence-electron chi connectivity index (χ3n) is 12.5. The molecule has 4 amide bonds. The summed E-state index contributed by atoms with van der Waals surface area (Å²) in [5, 5.41) is 9.17. The van der Waals surface area contributed by atoms with E-state index in [-0.39, 0.29) is 78.5 Å². The Morgan fingerprint density at radius 3 is 1.64 bits per heavy atom. The number of amides is 4. The van der Waals surface area contributed by atoms with Crippen LogP contribution in [0.1, 0.15) is 107 Å². The molecule has 2 N–H and O–H groups in total. The predicted molar refractivity (Wildman–Crippen MR) is 218 cm³/mol. The highest BCUT2D eigenvalue weighted by molar-refractivity contribution is 5.90. The summed E-state index contributed by atoms with van der Waals surface area (Å²) >= 11 is 0. The fourth-order valence-electron chi connectivity index (χ4n) is 9.04. The second-order valence-corrected chi connectivity index (χ2v) is 17.1. The molecule has 14 heteroatoms. The molecule has 0 saturated carbocycles. The molecule has 56 heavy (non-hydrogen) atoms. The Kier molecular flexibility index (Phi) is 22.3. The molecule has 0 bridgehead atoms. The molecule has 0 aromatic carbocycles. The van der Waals surface area contributed by atoms with Crippen molar-refractivity contribution < 1.29 is 43.4 Å². The highest BCUT2D eigenvalue weighted by atomic mass is 16.5. The number of carbonyl (C=O) groups is 5. The minimum Gasteiger partial charge on any atom is -0.379 e. The number of hydrogen-bond donors (Lipinski definition) is 2. The minimum atomic E-state index is -0.662. The van der Waals surface area contributed by atoms with Crippen LogP contribution in [0.25, 0.3) is 0 Å². The van der Waals surface area contributed by atoms with E-state index in [0.717, 1.165) is 19.3 Å². The number of hydrogen-bond acceptors (Lipinski definition) is 10. The molecule has 1 rings (SSSR count). The Morgan fingerprint density at radius 2 is 1.23 bits per heavy atom. The molecule has 0 radical (unpaired) electrons. The third kappa shape index (κ3) is 13.2. The molecule has 0 unspecified atom stereocenters. The number of ether oxygens (including phenoxy) is 3. The number of rotatable bonds is 25. The zero-order chi connectivity index (χ0) is 43.2. The maximum Gasteiger partial charge on any atom is 0.246 e. The number of nitrogens with zero attached hydrogens (tertiary/aromatic N) is 4. The topological polar surface area (TPSA) is 158 Å². The average molecular weight is 798 g/mol. The van der Waals surface area contributed by atoms with E-state index in [2.05, 4.69) is 13.8 Å². The summed E-state index contributed by atoms with van der Waals surface area (Å²) in [5.74, 6) is -2.24. The summed E-state index contributed by atoms with van der Waals surface area (Å²) in [4.78, 5) is 75.6. The monoisotopic (exact) mass is 798 g/mol. The van der Waals surface area contributed by atoms with Gasteiger partial charge in [0.15, 0.2) is 5.78 Å². The van der Waals surface area contributed by atoms with Gasteiger partial charge in [0.1, 0.15) is 0 Å². The van der Waals surface area contributed by atoms with E-state index >= 15 is 0 Å². The Morgan fingerprint density at radius 1 is 0.732 bits per heavy atom. The molecule has 1 heterocycles. The summed E-state index contributed by atoms with van der Waals surface area (Å²) in [7, 11) is 11.9. The van der Waals surface area contributed by atoms with E-state index in [4.69, 9.17) is 14.2 Å². The first-order chi connectivity index (χ1) is 26.2. The number of nitrogens with one attached hydrogen (secondary N) is 1. The number of methoxy groups -OCH3 is 3. The number of ketones is 1. The van der Waals surface area contributed by atoms with Gasteiger partial charge in [-0.05, 0) is 50.6 Å². The normalized spacial score (nSPS) is 20.1. The van der Waals surface area contributed by atoms with Crippen LogP contribution < -0.4 is 5.48 Å². The van der Waals surface area contributed by atoms with Gasteiger partial charge in [0.25, 0.3) is 0 Å². The Labute approximate surface area is 338 Å². The third-order valence-corrected chi connectivity index (χ3v) is 12.5. The van der Waals surface area contributed by atoms with Crippen LogP contribution in [0.5, 0.6) is 0 Å². The van der Waals surface area contributed by atoms with E-state index in [1.54, 1.807) is 55.4 Å². The smallest absolute Gasteiger partial charge is 0.246 e. The van der Waals surface area contributed by atoms with Crippen LogP contribution in [0.3, 0.4) is 0 Å². The number of likely N-dealkylation sites (tertiary alicyclic amines) is 1. The molecule has 0 aromatic heterocycles. The van der Waals surface area contributed by atoms with Crippen LogP contribution in [0.4, 0.5) is 0 Å². The highest BCUT2D eigenvalue weighted by Crippen LogP contribution is 2.32. The van der Waals surface area contributed by atoms with Crippen LogP contribution in [0.2, 0.25) is 0 Å². The summed E-state index contributed by atoms with van der Waals surface area (Å²) in [6.07, 6.45) is 0.988.